The van der Waals surface area contributed by atoms with Crippen LogP contribution in [0, 0.1) is 0 Å². The fourth-order valence-corrected chi connectivity index (χ4v) is 2.75. The number of benzene rings is 3. The Morgan fingerprint density at radius 2 is 0.686 bits per heavy atom. The number of carbonyl (C=O) groups excluding carboxylic acids is 3. The van der Waals surface area contributed by atoms with Crippen molar-refractivity contribution in [2.75, 3.05) is 0 Å². The molecule has 0 heterocycles. The third kappa shape index (κ3) is 23.4. The molecule has 3 rings (SSSR count). The summed E-state index contributed by atoms with van der Waals surface area (Å²) in [6.07, 6.45) is 0. The second-order valence-corrected chi connectivity index (χ2v) is 6.91. The number of carboxylic acid groups (broad SMARTS) is 3. The molecule has 0 saturated heterocycles. The second kappa shape index (κ2) is 21.0. The molecule has 9 nitrogen and oxygen atoms in total. The SMILES string of the molecule is CC(=O)[O-].CC(=O)[O-].CC(=O)[O-].[Cr+3].c1ccc(OP(Oc2ccccc2)Oc2ccccc2)cc1. The van der Waals surface area contributed by atoms with Crippen molar-refractivity contribution in [3.8, 4) is 17.2 Å². The molecule has 0 saturated carbocycles. The number of carboxylic acids is 3. The van der Waals surface area contributed by atoms with Gasteiger partial charge in [0.05, 0.1) is 0 Å². The predicted octanol–water partition coefficient (Wildman–Crippen LogP) is 1.72. The van der Waals surface area contributed by atoms with Crippen LogP contribution in [-0.4, -0.2) is 17.9 Å². The van der Waals surface area contributed by atoms with E-state index < -0.39 is 26.5 Å². The zero-order chi connectivity index (χ0) is 25.8. The fraction of sp³-hybridized carbons (Fsp3) is 0.125. The molecule has 0 spiro atoms. The van der Waals surface area contributed by atoms with E-state index >= 15 is 0 Å². The maximum absolute atomic E-state index is 8.89. The van der Waals surface area contributed by atoms with Crippen molar-refractivity contribution in [3.05, 3.63) is 91.0 Å². The minimum Gasteiger partial charge on any atom is -0.550 e. The molecule has 0 atom stereocenters. The Morgan fingerprint density at radius 1 is 0.514 bits per heavy atom. The number of hydrogen-bond donors (Lipinski definition) is 0. The Hall–Kier alpha value is -3.57. The van der Waals surface area contributed by atoms with Crippen LogP contribution >= 0.6 is 8.60 Å². The van der Waals surface area contributed by atoms with E-state index in [4.69, 9.17) is 43.3 Å². The summed E-state index contributed by atoms with van der Waals surface area (Å²) in [4.78, 5) is 26.7. The maximum atomic E-state index is 8.89. The van der Waals surface area contributed by atoms with Crippen LogP contribution in [0.3, 0.4) is 0 Å². The molecule has 0 N–H and O–H groups in total. The quantitative estimate of drug-likeness (QED) is 0.427. The van der Waals surface area contributed by atoms with Crippen LogP contribution < -0.4 is 28.9 Å². The van der Waals surface area contributed by atoms with Gasteiger partial charge in [0.25, 0.3) is 0 Å². The Bertz CT molecular complexity index is 819. The predicted molar refractivity (Wildman–Crippen MR) is 120 cm³/mol. The van der Waals surface area contributed by atoms with Crippen LogP contribution in [0.25, 0.3) is 0 Å². The molecule has 3 aromatic carbocycles. The molecule has 185 valence electrons. The molecule has 0 amide bonds. The first-order valence-electron chi connectivity index (χ1n) is 9.62. The van der Waals surface area contributed by atoms with Gasteiger partial charge in [0, 0.05) is 17.9 Å². The summed E-state index contributed by atoms with van der Waals surface area (Å²) in [6, 6.07) is 28.5. The fourth-order valence-electron chi connectivity index (χ4n) is 1.76. The van der Waals surface area contributed by atoms with Gasteiger partial charge in [-0.3, -0.25) is 0 Å². The van der Waals surface area contributed by atoms with Gasteiger partial charge >= 0.3 is 26.0 Å². The van der Waals surface area contributed by atoms with Crippen LogP contribution in [0.1, 0.15) is 20.8 Å². The van der Waals surface area contributed by atoms with Gasteiger partial charge in [-0.1, -0.05) is 54.6 Å². The van der Waals surface area contributed by atoms with Crippen molar-refractivity contribution in [1.29, 1.82) is 0 Å². The summed E-state index contributed by atoms with van der Waals surface area (Å²) < 4.78 is 17.5. The van der Waals surface area contributed by atoms with Gasteiger partial charge < -0.3 is 43.3 Å². The molecule has 0 fully saturated rings. The number of rotatable bonds is 6. The third-order valence-corrected chi connectivity index (χ3v) is 3.85. The summed E-state index contributed by atoms with van der Waals surface area (Å²) in [5, 5.41) is 26.7. The topological polar surface area (TPSA) is 148 Å². The van der Waals surface area contributed by atoms with Gasteiger partial charge in [-0.15, -0.1) is 0 Å². The van der Waals surface area contributed by atoms with Crippen molar-refractivity contribution in [1.82, 2.24) is 0 Å². The molecule has 0 aliphatic carbocycles. The summed E-state index contributed by atoms with van der Waals surface area (Å²) in [5.41, 5.74) is 0. The summed E-state index contributed by atoms with van der Waals surface area (Å²) in [5.74, 6) is -1.12. The van der Waals surface area contributed by atoms with E-state index in [1.807, 2.05) is 91.0 Å². The largest absolute Gasteiger partial charge is 3.00 e. The van der Waals surface area contributed by atoms with E-state index in [1.165, 1.54) is 0 Å². The number of para-hydroxylation sites is 3. The maximum Gasteiger partial charge on any atom is 3.00 e. The minimum absolute atomic E-state index is 0. The van der Waals surface area contributed by atoms with Crippen LogP contribution in [0.15, 0.2) is 91.0 Å². The summed E-state index contributed by atoms with van der Waals surface area (Å²) in [7, 11) is -1.59. The Morgan fingerprint density at radius 3 is 0.857 bits per heavy atom. The van der Waals surface area contributed by atoms with E-state index in [0.717, 1.165) is 20.8 Å². The van der Waals surface area contributed by atoms with Crippen LogP contribution in [0.5, 0.6) is 17.2 Å². The first-order valence-corrected chi connectivity index (χ1v) is 10.7. The average Bonchev–Trinajstić information content (AvgIpc) is 2.75. The number of hydrogen-bond acceptors (Lipinski definition) is 9. The minimum atomic E-state index is -1.59. The van der Waals surface area contributed by atoms with E-state index in [1.54, 1.807) is 0 Å². The standard InChI is InChI=1S/C18H15O3P.3C2H4O2.Cr/c1-4-10-16(11-5-1)19-22(20-17-12-6-2-7-13-17)21-18-14-8-3-9-15-18;3*1-2(3)4;/h1-15H;3*1H3,(H,3,4);/q;;;;+3/p-3. The van der Waals surface area contributed by atoms with Crippen LogP contribution in [0.4, 0.5) is 0 Å². The smallest absolute Gasteiger partial charge is 0.550 e. The van der Waals surface area contributed by atoms with Crippen molar-refractivity contribution in [2.45, 2.75) is 20.8 Å². The molecule has 0 bridgehead atoms. The normalized spacial score (nSPS) is 8.57. The van der Waals surface area contributed by atoms with Gasteiger partial charge in [0.1, 0.15) is 17.2 Å². The van der Waals surface area contributed by atoms with Gasteiger partial charge in [-0.05, 0) is 57.2 Å². The van der Waals surface area contributed by atoms with Gasteiger partial charge in [-0.25, -0.2) is 0 Å². The zero-order valence-electron chi connectivity index (χ0n) is 19.2. The van der Waals surface area contributed by atoms with Gasteiger partial charge in [0.15, 0.2) is 0 Å². The van der Waals surface area contributed by atoms with E-state index in [0.29, 0.717) is 17.2 Å². The Labute approximate surface area is 216 Å². The Balaban J connectivity index is 0. The van der Waals surface area contributed by atoms with Gasteiger partial charge in [0.2, 0.25) is 0 Å². The Kier molecular flexibility index (Phi) is 20.2. The van der Waals surface area contributed by atoms with Crippen LogP contribution in [-0.2, 0) is 31.7 Å². The average molecular weight is 539 g/mol. The molecule has 11 heteroatoms. The molecule has 0 aliphatic rings. The van der Waals surface area contributed by atoms with Crippen molar-refractivity contribution >= 4 is 26.5 Å². The monoisotopic (exact) mass is 539 g/mol. The van der Waals surface area contributed by atoms with Crippen molar-refractivity contribution < 1.29 is 60.6 Å². The molecule has 0 aromatic heterocycles. The van der Waals surface area contributed by atoms with Crippen LogP contribution in [0.2, 0.25) is 0 Å². The summed E-state index contributed by atoms with van der Waals surface area (Å²) in [6.45, 7) is 2.92. The van der Waals surface area contributed by atoms with E-state index in [-0.39, 0.29) is 17.4 Å². The second-order valence-electron chi connectivity index (χ2n) is 5.91. The summed E-state index contributed by atoms with van der Waals surface area (Å²) >= 11 is 0. The molecule has 1 radical (unpaired) electrons. The molecular formula is C24H24CrO9P. The van der Waals surface area contributed by atoms with Crippen molar-refractivity contribution in [3.63, 3.8) is 0 Å². The molecule has 35 heavy (non-hydrogen) atoms. The van der Waals surface area contributed by atoms with Gasteiger partial charge in [-0.2, -0.15) is 0 Å². The zero-order valence-corrected chi connectivity index (χ0v) is 21.4. The first-order chi connectivity index (χ1) is 16.1. The number of carbonyl (C=O) groups is 3. The first kappa shape index (κ1) is 33.6. The third-order valence-electron chi connectivity index (χ3n) is 2.77. The molecule has 0 unspecified atom stereocenters. The molecular weight excluding hydrogens is 515 g/mol. The van der Waals surface area contributed by atoms with Crippen molar-refractivity contribution in [2.24, 2.45) is 0 Å². The van der Waals surface area contributed by atoms with E-state index in [2.05, 4.69) is 0 Å². The number of aliphatic carboxylic acids is 3. The van der Waals surface area contributed by atoms with E-state index in [9.17, 15) is 0 Å². The molecule has 0 aliphatic heterocycles. The molecule has 3 aromatic rings.